The van der Waals surface area contributed by atoms with Crippen LogP contribution < -0.4 is 5.32 Å². The summed E-state index contributed by atoms with van der Waals surface area (Å²) in [5, 5.41) is 12.7. The van der Waals surface area contributed by atoms with Crippen molar-refractivity contribution in [1.29, 1.82) is 0 Å². The van der Waals surface area contributed by atoms with Crippen molar-refractivity contribution >= 4 is 0 Å². The van der Waals surface area contributed by atoms with Gasteiger partial charge in [0.25, 0.3) is 0 Å². The van der Waals surface area contributed by atoms with Gasteiger partial charge in [0, 0.05) is 12.5 Å². The van der Waals surface area contributed by atoms with Crippen LogP contribution in [-0.4, -0.2) is 23.8 Å². The van der Waals surface area contributed by atoms with Crippen LogP contribution in [0.5, 0.6) is 0 Å². The molecule has 1 aliphatic carbocycles. The van der Waals surface area contributed by atoms with E-state index in [0.717, 1.165) is 38.0 Å². The molecule has 1 aromatic rings. The number of furan rings is 1. The molecule has 3 heteroatoms. The van der Waals surface area contributed by atoms with Crippen LogP contribution in [0, 0.1) is 5.92 Å². The Bertz CT molecular complexity index is 291. The van der Waals surface area contributed by atoms with E-state index in [4.69, 9.17) is 4.42 Å². The Labute approximate surface area is 96.8 Å². The van der Waals surface area contributed by atoms with Crippen LogP contribution in [0.3, 0.4) is 0 Å². The molecular formula is C13H21NO2. The van der Waals surface area contributed by atoms with Crippen molar-refractivity contribution in [3.63, 3.8) is 0 Å². The molecule has 2 rings (SSSR count). The van der Waals surface area contributed by atoms with Gasteiger partial charge in [-0.25, -0.2) is 0 Å². The molecule has 0 saturated heterocycles. The number of nitrogens with one attached hydrogen (secondary N) is 1. The van der Waals surface area contributed by atoms with E-state index in [1.54, 1.807) is 6.26 Å². The lowest BCUT2D eigenvalue weighted by atomic mass is 9.82. The van der Waals surface area contributed by atoms with Gasteiger partial charge in [-0.15, -0.1) is 0 Å². The highest BCUT2D eigenvalue weighted by molar-refractivity contribution is 4.98. The number of rotatable bonds is 6. The Morgan fingerprint density at radius 2 is 2.38 bits per heavy atom. The zero-order valence-electron chi connectivity index (χ0n) is 9.86. The molecule has 2 N–H and O–H groups in total. The van der Waals surface area contributed by atoms with Crippen molar-refractivity contribution in [3.8, 4) is 0 Å². The van der Waals surface area contributed by atoms with Crippen molar-refractivity contribution in [2.75, 3.05) is 6.54 Å². The number of aliphatic hydroxyl groups is 1. The van der Waals surface area contributed by atoms with E-state index in [1.807, 2.05) is 12.1 Å². The lowest BCUT2D eigenvalue weighted by molar-refractivity contribution is 0.0419. The molecule has 0 aliphatic heterocycles. The lowest BCUT2D eigenvalue weighted by Crippen LogP contribution is -2.39. The maximum Gasteiger partial charge on any atom is 0.103 e. The number of hydrogen-bond acceptors (Lipinski definition) is 3. The molecule has 1 unspecified atom stereocenters. The minimum atomic E-state index is -0.0368. The first kappa shape index (κ1) is 11.7. The van der Waals surface area contributed by atoms with Crippen molar-refractivity contribution in [2.24, 2.45) is 5.92 Å². The zero-order chi connectivity index (χ0) is 11.4. The summed E-state index contributed by atoms with van der Waals surface area (Å²) in [6, 6.07) is 4.47. The summed E-state index contributed by atoms with van der Waals surface area (Å²) in [5.41, 5.74) is 0. The molecule has 1 atom stereocenters. The molecule has 3 nitrogen and oxygen atoms in total. The SMILES string of the molecule is CC(CCc1ccco1)NCC1CC(O)C1. The normalized spacial score (nSPS) is 26.4. The highest BCUT2D eigenvalue weighted by Gasteiger charge is 2.26. The molecule has 90 valence electrons. The molecule has 1 saturated carbocycles. The van der Waals surface area contributed by atoms with Crippen molar-refractivity contribution in [1.82, 2.24) is 5.32 Å². The van der Waals surface area contributed by atoms with Crippen LogP contribution >= 0.6 is 0 Å². The van der Waals surface area contributed by atoms with Crippen LogP contribution in [0.2, 0.25) is 0 Å². The van der Waals surface area contributed by atoms with Crippen LogP contribution in [0.15, 0.2) is 22.8 Å². The first-order valence-corrected chi connectivity index (χ1v) is 6.18. The van der Waals surface area contributed by atoms with E-state index in [9.17, 15) is 5.11 Å². The van der Waals surface area contributed by atoms with Gasteiger partial charge in [0.15, 0.2) is 0 Å². The Morgan fingerprint density at radius 3 is 3.00 bits per heavy atom. The van der Waals surface area contributed by atoms with Crippen LogP contribution in [-0.2, 0) is 6.42 Å². The summed E-state index contributed by atoms with van der Waals surface area (Å²) < 4.78 is 5.30. The average molecular weight is 223 g/mol. The third-order valence-corrected chi connectivity index (χ3v) is 3.37. The van der Waals surface area contributed by atoms with Crippen LogP contribution in [0.25, 0.3) is 0 Å². The maximum atomic E-state index is 9.17. The van der Waals surface area contributed by atoms with E-state index in [2.05, 4.69) is 12.2 Å². The molecule has 0 bridgehead atoms. The van der Waals surface area contributed by atoms with Crippen LogP contribution in [0.1, 0.15) is 31.9 Å². The second-order valence-corrected chi connectivity index (χ2v) is 4.92. The van der Waals surface area contributed by atoms with Gasteiger partial charge < -0.3 is 14.8 Å². The van der Waals surface area contributed by atoms with Gasteiger partial charge in [-0.05, 0) is 50.8 Å². The molecule has 0 spiro atoms. The molecule has 1 heterocycles. The standard InChI is InChI=1S/C13H21NO2/c1-10(4-5-13-3-2-6-16-13)14-9-11-7-12(15)8-11/h2-3,6,10-12,14-15H,4-5,7-9H2,1H3. The molecule has 0 amide bonds. The topological polar surface area (TPSA) is 45.4 Å². The summed E-state index contributed by atoms with van der Waals surface area (Å²) in [6.07, 6.45) is 5.72. The third kappa shape index (κ3) is 3.35. The van der Waals surface area contributed by atoms with Gasteiger partial charge >= 0.3 is 0 Å². The second kappa shape index (κ2) is 5.51. The molecular weight excluding hydrogens is 202 g/mol. The van der Waals surface area contributed by atoms with Gasteiger partial charge in [0.05, 0.1) is 12.4 Å². The quantitative estimate of drug-likeness (QED) is 0.775. The predicted molar refractivity (Wildman–Crippen MR) is 63.2 cm³/mol. The minimum absolute atomic E-state index is 0.0368. The number of aryl methyl sites for hydroxylation is 1. The Kier molecular flexibility index (Phi) is 4.02. The fourth-order valence-electron chi connectivity index (χ4n) is 2.15. The first-order chi connectivity index (χ1) is 7.74. The molecule has 1 aromatic heterocycles. The van der Waals surface area contributed by atoms with E-state index < -0.39 is 0 Å². The zero-order valence-corrected chi connectivity index (χ0v) is 9.86. The fourth-order valence-corrected chi connectivity index (χ4v) is 2.15. The third-order valence-electron chi connectivity index (χ3n) is 3.37. The molecule has 0 radical (unpaired) electrons. The fraction of sp³-hybridized carbons (Fsp3) is 0.692. The van der Waals surface area contributed by atoms with Gasteiger partial charge in [-0.3, -0.25) is 0 Å². The summed E-state index contributed by atoms with van der Waals surface area (Å²) >= 11 is 0. The van der Waals surface area contributed by atoms with Gasteiger partial charge in [0.1, 0.15) is 5.76 Å². The summed E-state index contributed by atoms with van der Waals surface area (Å²) in [5.74, 6) is 1.74. The van der Waals surface area contributed by atoms with Crippen LogP contribution in [0.4, 0.5) is 0 Å². The second-order valence-electron chi connectivity index (χ2n) is 4.92. The van der Waals surface area contributed by atoms with E-state index >= 15 is 0 Å². The average Bonchev–Trinajstić information content (AvgIpc) is 2.72. The summed E-state index contributed by atoms with van der Waals surface area (Å²) in [7, 11) is 0. The van der Waals surface area contributed by atoms with Crippen molar-refractivity contribution in [3.05, 3.63) is 24.2 Å². The highest BCUT2D eigenvalue weighted by Crippen LogP contribution is 2.26. The number of hydrogen-bond donors (Lipinski definition) is 2. The molecule has 1 aliphatic rings. The highest BCUT2D eigenvalue weighted by atomic mass is 16.3. The monoisotopic (exact) mass is 223 g/mol. The molecule has 1 fully saturated rings. The van der Waals surface area contributed by atoms with Crippen molar-refractivity contribution in [2.45, 2.75) is 44.8 Å². The van der Waals surface area contributed by atoms with Gasteiger partial charge in [-0.2, -0.15) is 0 Å². The Hall–Kier alpha value is -0.800. The molecule has 16 heavy (non-hydrogen) atoms. The lowest BCUT2D eigenvalue weighted by Gasteiger charge is -2.32. The van der Waals surface area contributed by atoms with E-state index in [-0.39, 0.29) is 6.10 Å². The molecule has 0 aromatic carbocycles. The number of aliphatic hydroxyl groups excluding tert-OH is 1. The summed E-state index contributed by atoms with van der Waals surface area (Å²) in [4.78, 5) is 0. The Balaban J connectivity index is 1.56. The predicted octanol–water partition coefficient (Wildman–Crippen LogP) is 1.96. The smallest absolute Gasteiger partial charge is 0.103 e. The van der Waals surface area contributed by atoms with Crippen molar-refractivity contribution < 1.29 is 9.52 Å². The minimum Gasteiger partial charge on any atom is -0.469 e. The first-order valence-electron chi connectivity index (χ1n) is 6.18. The summed E-state index contributed by atoms with van der Waals surface area (Å²) in [6.45, 7) is 3.24. The maximum absolute atomic E-state index is 9.17. The van der Waals surface area contributed by atoms with E-state index in [0.29, 0.717) is 12.0 Å². The van der Waals surface area contributed by atoms with E-state index in [1.165, 1.54) is 0 Å². The Morgan fingerprint density at radius 1 is 1.56 bits per heavy atom. The largest absolute Gasteiger partial charge is 0.469 e. The van der Waals surface area contributed by atoms with Gasteiger partial charge in [-0.1, -0.05) is 0 Å². The van der Waals surface area contributed by atoms with Gasteiger partial charge in [0.2, 0.25) is 0 Å².